The number of pyridine rings is 2. The highest BCUT2D eigenvalue weighted by Gasteiger charge is 2.45. The Bertz CT molecular complexity index is 3150. The molecular weight excluding hydrogens is 813 g/mol. The van der Waals surface area contributed by atoms with Crippen molar-refractivity contribution in [2.45, 2.75) is 57.4 Å². The van der Waals surface area contributed by atoms with Crippen LogP contribution in [0.2, 0.25) is 0 Å². The summed E-state index contributed by atoms with van der Waals surface area (Å²) >= 11 is 0. The topological polar surface area (TPSA) is 224 Å². The largest absolute Gasteiger partial charge is 0.508 e. The van der Waals surface area contributed by atoms with E-state index in [1.807, 2.05) is 73.9 Å². The fraction of sp³-hybridized carbons (Fsp3) is 0.273. The zero-order valence-corrected chi connectivity index (χ0v) is 36.1. The fourth-order valence-corrected chi connectivity index (χ4v) is 8.76. The molecule has 0 radical (unpaired) electrons. The van der Waals surface area contributed by atoms with Crippen molar-refractivity contribution in [3.05, 3.63) is 117 Å². The summed E-state index contributed by atoms with van der Waals surface area (Å²) in [6.07, 6.45) is 1.74. The Morgan fingerprint density at radius 2 is 1.74 bits per heavy atom. The van der Waals surface area contributed by atoms with E-state index in [4.69, 9.17) is 14.9 Å². The van der Waals surface area contributed by atoms with Crippen LogP contribution < -0.4 is 20.9 Å². The first kappa shape index (κ1) is 42.0. The third-order valence-electron chi connectivity index (χ3n) is 11.5. The van der Waals surface area contributed by atoms with E-state index < -0.39 is 21.6 Å². The molecule has 1 atom stereocenters. The molecule has 0 saturated carbocycles. The molecule has 0 bridgehead atoms. The summed E-state index contributed by atoms with van der Waals surface area (Å²) < 4.78 is 32.1. The number of hydrogen-bond donors (Lipinski definition) is 4. The Hall–Kier alpha value is -6.73. The van der Waals surface area contributed by atoms with E-state index in [1.54, 1.807) is 61.0 Å². The predicted molar refractivity (Wildman–Crippen MR) is 235 cm³/mol. The van der Waals surface area contributed by atoms with Crippen molar-refractivity contribution in [1.29, 1.82) is 0 Å². The number of carbonyl (C=O) groups is 1. The number of nitrogens with two attached hydrogens (primary N) is 1. The van der Waals surface area contributed by atoms with Gasteiger partial charge in [-0.2, -0.15) is 10.1 Å². The Morgan fingerprint density at radius 3 is 2.47 bits per heavy atom. The molecule has 2 aliphatic rings. The number of anilines is 4. The molecule has 3 aromatic carbocycles. The van der Waals surface area contributed by atoms with Crippen LogP contribution in [-0.2, 0) is 51.9 Å². The van der Waals surface area contributed by atoms with Gasteiger partial charge in [0.05, 0.1) is 39.4 Å². The Kier molecular flexibility index (Phi) is 10.6. The number of sulfonamides is 1. The lowest BCUT2D eigenvalue weighted by atomic mass is 9.86. The molecule has 0 spiro atoms. The Labute approximate surface area is 357 Å². The van der Waals surface area contributed by atoms with Gasteiger partial charge in [-0.05, 0) is 101 Å². The summed E-state index contributed by atoms with van der Waals surface area (Å²) in [5.41, 5.74) is 6.08. The molecule has 0 aliphatic carbocycles. The number of hydrogen-bond acceptors (Lipinski definition) is 14. The van der Waals surface area contributed by atoms with Crippen molar-refractivity contribution in [3.63, 3.8) is 0 Å². The molecule has 0 amide bonds. The van der Waals surface area contributed by atoms with Crippen LogP contribution in [0, 0.1) is 13.8 Å². The van der Waals surface area contributed by atoms with Crippen molar-refractivity contribution in [2.24, 2.45) is 12.2 Å². The number of aryl methyl sites for hydroxylation is 3. The lowest BCUT2D eigenvalue weighted by Crippen LogP contribution is -2.44. The highest BCUT2D eigenvalue weighted by atomic mass is 32.2. The summed E-state index contributed by atoms with van der Waals surface area (Å²) in [6.45, 7) is 6.13. The Morgan fingerprint density at radius 1 is 0.968 bits per heavy atom. The monoisotopic (exact) mass is 858 g/mol. The first-order valence-corrected chi connectivity index (χ1v) is 21.3. The zero-order valence-electron chi connectivity index (χ0n) is 35.3. The zero-order chi connectivity index (χ0) is 44.4. The van der Waals surface area contributed by atoms with Crippen LogP contribution in [0.1, 0.15) is 46.9 Å². The normalized spacial score (nSPS) is 15.5. The van der Waals surface area contributed by atoms with E-state index in [2.05, 4.69) is 20.4 Å². The molecule has 0 saturated heterocycles. The van der Waals surface area contributed by atoms with Gasteiger partial charge in [0.2, 0.25) is 16.0 Å². The number of aromatic nitrogens is 6. The number of nitrogens with zero attached hydrogens (tertiary/aromatic N) is 8. The number of cyclic esters (lactones) is 1. The number of phenols is 1. The lowest BCUT2D eigenvalue weighted by molar-refractivity contribution is -0.172. The van der Waals surface area contributed by atoms with Crippen molar-refractivity contribution >= 4 is 60.9 Å². The van der Waals surface area contributed by atoms with Gasteiger partial charge in [-0.3, -0.25) is 9.48 Å². The third kappa shape index (κ3) is 7.40. The molecule has 7 aromatic rings. The van der Waals surface area contributed by atoms with E-state index in [0.29, 0.717) is 64.1 Å². The maximum Gasteiger partial charge on any atom is 0.343 e. The number of primary sulfonamides is 1. The van der Waals surface area contributed by atoms with Crippen LogP contribution in [0.15, 0.2) is 82.6 Å². The summed E-state index contributed by atoms with van der Waals surface area (Å²) in [5.74, 6) is 0.474. The molecule has 5 N–H and O–H groups in total. The minimum Gasteiger partial charge on any atom is -0.508 e. The molecule has 18 heteroatoms. The number of aromatic hydroxyl groups is 1. The summed E-state index contributed by atoms with van der Waals surface area (Å²) in [7, 11) is 3.87. The smallest absolute Gasteiger partial charge is 0.343 e. The summed E-state index contributed by atoms with van der Waals surface area (Å²) in [5, 5.41) is 36.2. The average Bonchev–Trinajstić information content (AvgIpc) is 3.74. The molecule has 9 rings (SSSR count). The van der Waals surface area contributed by atoms with Gasteiger partial charge in [-0.25, -0.2) is 28.3 Å². The quantitative estimate of drug-likeness (QED) is 0.148. The van der Waals surface area contributed by atoms with Crippen molar-refractivity contribution in [1.82, 2.24) is 34.2 Å². The first-order chi connectivity index (χ1) is 29.4. The maximum absolute atomic E-state index is 13.2. The number of nitrogens with one attached hydrogen (secondary N) is 1. The lowest BCUT2D eigenvalue weighted by Gasteiger charge is -2.31. The van der Waals surface area contributed by atoms with Crippen LogP contribution in [0.3, 0.4) is 0 Å². The molecule has 17 nitrogen and oxygen atoms in total. The number of esters is 1. The number of fused-ring (bicyclic) bond motifs is 6. The number of ether oxygens (including phenoxy) is 1. The van der Waals surface area contributed by atoms with Gasteiger partial charge in [-0.1, -0.05) is 13.0 Å². The number of rotatable bonds is 8. The van der Waals surface area contributed by atoms with Crippen LogP contribution in [0.25, 0.3) is 33.2 Å². The molecular formula is C44H46N10O7S. The second kappa shape index (κ2) is 15.6. The van der Waals surface area contributed by atoms with Gasteiger partial charge in [0.1, 0.15) is 18.2 Å². The van der Waals surface area contributed by atoms with Gasteiger partial charge in [0.15, 0.2) is 5.60 Å². The second-order valence-electron chi connectivity index (χ2n) is 15.8. The van der Waals surface area contributed by atoms with Gasteiger partial charge in [0, 0.05) is 71.4 Å². The first-order valence-electron chi connectivity index (χ1n) is 19.7. The van der Waals surface area contributed by atoms with Gasteiger partial charge < -0.3 is 34.6 Å². The van der Waals surface area contributed by atoms with E-state index >= 15 is 0 Å². The van der Waals surface area contributed by atoms with E-state index in [0.717, 1.165) is 38.8 Å². The minimum absolute atomic E-state index is 0.0599. The summed E-state index contributed by atoms with van der Waals surface area (Å²) in [6, 6.07) is 19.8. The Balaban J connectivity index is 0.000000171. The molecule has 0 fully saturated rings. The summed E-state index contributed by atoms with van der Waals surface area (Å²) in [4.78, 5) is 43.1. The van der Waals surface area contributed by atoms with Crippen LogP contribution in [0.4, 0.5) is 23.1 Å². The standard InChI is InChI=1S/C23H23N3O5.C21H23N7O2S/c1-4-23(30)16-8-18-20-12(9-26(18)21(28)15(16)11-31-22(23)29)7-13-14(10-25(2)3)19(27)6-5-17(13)24-20;1-13-5-6-15(11-19(13)31(22,29)30)24-21-23-10-9-20(25-21)27(3)16-7-8-17-14(2)28(4)26-18(17)12-16/h5-8,27,30H,4,9-11H2,1-3H3;5-12H,1-4H3,(H2,22,29,30)(H,23,24,25)/t23-;/m0./s1. The van der Waals surface area contributed by atoms with Crippen LogP contribution in [0.5, 0.6) is 5.75 Å². The maximum atomic E-state index is 13.2. The SMILES string of the molecule is CC[C@@]1(O)C(=O)OCc2c1cc1n(c2=O)Cc2cc3c(CN(C)C)c(O)ccc3nc2-1.Cc1ccc(Nc2nccc(N(C)c3ccc4c(C)n(C)nc4c3)n2)cc1S(N)(=O)=O. The molecule has 6 heterocycles. The average molecular weight is 859 g/mol. The van der Waals surface area contributed by atoms with Crippen LogP contribution >= 0.6 is 0 Å². The number of phenolic OH excluding ortho intramolecular Hbond substituents is 1. The van der Waals surface area contributed by atoms with Crippen molar-refractivity contribution in [3.8, 4) is 17.1 Å². The highest BCUT2D eigenvalue weighted by molar-refractivity contribution is 7.89. The molecule has 0 unspecified atom stereocenters. The molecule has 320 valence electrons. The van der Waals surface area contributed by atoms with Gasteiger partial charge >= 0.3 is 5.97 Å². The molecule has 4 aromatic heterocycles. The minimum atomic E-state index is -3.82. The predicted octanol–water partition coefficient (Wildman–Crippen LogP) is 4.99. The van der Waals surface area contributed by atoms with E-state index in [9.17, 15) is 28.2 Å². The van der Waals surface area contributed by atoms with E-state index in [-0.39, 0.29) is 29.2 Å². The van der Waals surface area contributed by atoms with Crippen molar-refractivity contribution < 1.29 is 28.2 Å². The van der Waals surface area contributed by atoms with Crippen molar-refractivity contribution in [2.75, 3.05) is 31.4 Å². The number of benzene rings is 3. The number of aliphatic hydroxyl groups is 1. The fourth-order valence-electron chi connectivity index (χ4n) is 7.95. The van der Waals surface area contributed by atoms with E-state index in [1.165, 1.54) is 6.07 Å². The highest BCUT2D eigenvalue weighted by Crippen LogP contribution is 2.40. The molecule has 62 heavy (non-hydrogen) atoms. The van der Waals surface area contributed by atoms with Crippen LogP contribution in [-0.4, -0.2) is 79.9 Å². The van der Waals surface area contributed by atoms with Gasteiger partial charge in [-0.15, -0.1) is 0 Å². The molecule has 2 aliphatic heterocycles. The number of carbonyl (C=O) groups excluding carboxylic acids is 1. The second-order valence-corrected chi connectivity index (χ2v) is 17.4. The third-order valence-corrected chi connectivity index (χ3v) is 12.5. The van der Waals surface area contributed by atoms with Gasteiger partial charge in [0.25, 0.3) is 5.56 Å².